The van der Waals surface area contributed by atoms with Gasteiger partial charge in [-0.1, -0.05) is 36.4 Å². The number of nitrogens with one attached hydrogen (secondary N) is 2. The van der Waals surface area contributed by atoms with Gasteiger partial charge < -0.3 is 9.59 Å². The number of hydrogen-bond acceptors (Lipinski definition) is 6. The standard InChI is InChI=1S/C16H16N2O4/c19-11-15(21-17-13-7-3-1-4-8-13)16(12-20)22-18-14-9-5-2-6-10-14/h1-12,15-18H. The highest BCUT2D eigenvalue weighted by Gasteiger charge is 2.23. The summed E-state index contributed by atoms with van der Waals surface area (Å²) < 4.78 is 0. The lowest BCUT2D eigenvalue weighted by atomic mass is 10.2. The third-order valence-electron chi connectivity index (χ3n) is 2.77. The summed E-state index contributed by atoms with van der Waals surface area (Å²) in [6, 6.07) is 18.0. The van der Waals surface area contributed by atoms with E-state index >= 15 is 0 Å². The van der Waals surface area contributed by atoms with Crippen LogP contribution < -0.4 is 11.0 Å². The molecule has 2 aromatic carbocycles. The Hall–Kier alpha value is -2.70. The van der Waals surface area contributed by atoms with Gasteiger partial charge in [0, 0.05) is 0 Å². The molecule has 0 saturated heterocycles. The summed E-state index contributed by atoms with van der Waals surface area (Å²) in [7, 11) is 0. The van der Waals surface area contributed by atoms with E-state index in [1.807, 2.05) is 36.4 Å². The van der Waals surface area contributed by atoms with Crippen LogP contribution in [0.4, 0.5) is 11.4 Å². The van der Waals surface area contributed by atoms with Gasteiger partial charge in [-0.2, -0.15) is 0 Å². The highest BCUT2D eigenvalue weighted by atomic mass is 16.7. The van der Waals surface area contributed by atoms with Gasteiger partial charge in [0.25, 0.3) is 0 Å². The second-order valence-corrected chi connectivity index (χ2v) is 4.37. The largest absolute Gasteiger partial charge is 0.300 e. The van der Waals surface area contributed by atoms with Gasteiger partial charge in [-0.05, 0) is 24.3 Å². The van der Waals surface area contributed by atoms with E-state index in [9.17, 15) is 9.59 Å². The van der Waals surface area contributed by atoms with Gasteiger partial charge in [-0.15, -0.1) is 0 Å². The van der Waals surface area contributed by atoms with Gasteiger partial charge in [0.15, 0.2) is 24.8 Å². The van der Waals surface area contributed by atoms with Crippen LogP contribution in [0.2, 0.25) is 0 Å². The minimum atomic E-state index is -1.09. The second kappa shape index (κ2) is 8.56. The third-order valence-corrected chi connectivity index (χ3v) is 2.77. The zero-order valence-electron chi connectivity index (χ0n) is 11.7. The average Bonchev–Trinajstić information content (AvgIpc) is 2.59. The summed E-state index contributed by atoms with van der Waals surface area (Å²) in [6.45, 7) is 0. The summed E-state index contributed by atoms with van der Waals surface area (Å²) in [5.41, 5.74) is 6.55. The Kier molecular flexibility index (Phi) is 6.10. The molecule has 0 saturated carbocycles. The van der Waals surface area contributed by atoms with E-state index in [1.54, 1.807) is 24.3 Å². The molecule has 22 heavy (non-hydrogen) atoms. The number of carbonyl (C=O) groups is 2. The molecule has 2 N–H and O–H groups in total. The minimum absolute atomic E-state index is 0.502. The Morgan fingerprint density at radius 1 is 0.682 bits per heavy atom. The maximum atomic E-state index is 11.1. The summed E-state index contributed by atoms with van der Waals surface area (Å²) >= 11 is 0. The van der Waals surface area contributed by atoms with Gasteiger partial charge >= 0.3 is 0 Å². The van der Waals surface area contributed by atoms with E-state index in [4.69, 9.17) is 9.68 Å². The van der Waals surface area contributed by atoms with E-state index in [2.05, 4.69) is 11.0 Å². The predicted molar refractivity (Wildman–Crippen MR) is 82.0 cm³/mol. The van der Waals surface area contributed by atoms with Crippen LogP contribution in [0.15, 0.2) is 60.7 Å². The Balaban J connectivity index is 1.89. The first-order chi connectivity index (χ1) is 10.8. The number of para-hydroxylation sites is 2. The first kappa shape index (κ1) is 15.7. The van der Waals surface area contributed by atoms with Gasteiger partial charge in [0.2, 0.25) is 0 Å². The highest BCUT2D eigenvalue weighted by Crippen LogP contribution is 2.10. The van der Waals surface area contributed by atoms with Crippen LogP contribution in [0.5, 0.6) is 0 Å². The van der Waals surface area contributed by atoms with Crippen LogP contribution >= 0.6 is 0 Å². The van der Waals surface area contributed by atoms with Crippen molar-refractivity contribution < 1.29 is 19.3 Å². The number of hydrogen-bond donors (Lipinski definition) is 2. The number of aldehydes is 2. The van der Waals surface area contributed by atoms with Crippen molar-refractivity contribution in [3.05, 3.63) is 60.7 Å². The lowest BCUT2D eigenvalue weighted by Crippen LogP contribution is -2.37. The third kappa shape index (κ3) is 4.69. The normalized spacial score (nSPS) is 12.9. The predicted octanol–water partition coefficient (Wildman–Crippen LogP) is 2.21. The molecule has 2 aromatic rings. The SMILES string of the molecule is O=CC(ONc1ccccc1)C(C=O)ONc1ccccc1. The van der Waals surface area contributed by atoms with E-state index < -0.39 is 12.2 Å². The zero-order chi connectivity index (χ0) is 15.6. The minimum Gasteiger partial charge on any atom is -0.300 e. The first-order valence-corrected chi connectivity index (χ1v) is 6.67. The molecular formula is C16H16N2O4. The van der Waals surface area contributed by atoms with Crippen molar-refractivity contribution in [3.8, 4) is 0 Å². The van der Waals surface area contributed by atoms with Crippen LogP contribution in [0.3, 0.4) is 0 Å². The molecule has 6 nitrogen and oxygen atoms in total. The van der Waals surface area contributed by atoms with Crippen LogP contribution in [0.1, 0.15) is 0 Å². The summed E-state index contributed by atoms with van der Waals surface area (Å²) in [6.07, 6.45) is -1.17. The monoisotopic (exact) mass is 300 g/mol. The molecule has 0 bridgehead atoms. The van der Waals surface area contributed by atoms with Crippen molar-refractivity contribution in [2.75, 3.05) is 11.0 Å². The topological polar surface area (TPSA) is 76.7 Å². The molecule has 0 aliphatic carbocycles. The fourth-order valence-electron chi connectivity index (χ4n) is 1.63. The molecule has 2 unspecified atom stereocenters. The van der Waals surface area contributed by atoms with Crippen LogP contribution in [-0.2, 0) is 19.3 Å². The number of rotatable bonds is 9. The van der Waals surface area contributed by atoms with Crippen molar-refractivity contribution >= 4 is 23.9 Å². The molecule has 0 fully saturated rings. The molecule has 0 radical (unpaired) electrons. The number of carbonyl (C=O) groups excluding carboxylic acids is 2. The summed E-state index contributed by atoms with van der Waals surface area (Å²) in [4.78, 5) is 32.6. The van der Waals surface area contributed by atoms with Crippen LogP contribution in [0.25, 0.3) is 0 Å². The fraction of sp³-hybridized carbons (Fsp3) is 0.125. The molecule has 6 heteroatoms. The fourth-order valence-corrected chi connectivity index (χ4v) is 1.63. The Morgan fingerprint density at radius 2 is 1.05 bits per heavy atom. The van der Waals surface area contributed by atoms with Gasteiger partial charge in [0.1, 0.15) is 0 Å². The molecule has 0 aliphatic rings. The molecule has 0 spiro atoms. The zero-order valence-corrected chi connectivity index (χ0v) is 11.7. The smallest absolute Gasteiger partial charge is 0.176 e. The highest BCUT2D eigenvalue weighted by molar-refractivity contribution is 5.69. The summed E-state index contributed by atoms with van der Waals surface area (Å²) in [5.74, 6) is 0. The van der Waals surface area contributed by atoms with E-state index in [1.165, 1.54) is 0 Å². The van der Waals surface area contributed by atoms with Gasteiger partial charge in [0.05, 0.1) is 11.4 Å². The maximum absolute atomic E-state index is 11.1. The number of benzene rings is 2. The molecule has 0 aromatic heterocycles. The number of anilines is 2. The first-order valence-electron chi connectivity index (χ1n) is 6.67. The average molecular weight is 300 g/mol. The van der Waals surface area contributed by atoms with Crippen LogP contribution in [0, 0.1) is 0 Å². The van der Waals surface area contributed by atoms with Crippen molar-refractivity contribution in [1.82, 2.24) is 0 Å². The van der Waals surface area contributed by atoms with Crippen molar-refractivity contribution in [2.45, 2.75) is 12.2 Å². The Labute approximate surface area is 128 Å². The molecule has 0 heterocycles. The summed E-state index contributed by atoms with van der Waals surface area (Å²) in [5, 5.41) is 0. The maximum Gasteiger partial charge on any atom is 0.176 e. The molecule has 0 amide bonds. The van der Waals surface area contributed by atoms with Gasteiger partial charge in [-0.3, -0.25) is 20.6 Å². The van der Waals surface area contributed by atoms with E-state index in [0.29, 0.717) is 23.9 Å². The lowest BCUT2D eigenvalue weighted by molar-refractivity contribution is -0.134. The molecule has 0 aliphatic heterocycles. The van der Waals surface area contributed by atoms with Crippen LogP contribution in [-0.4, -0.2) is 24.8 Å². The van der Waals surface area contributed by atoms with Gasteiger partial charge in [-0.25, -0.2) is 0 Å². The van der Waals surface area contributed by atoms with Crippen molar-refractivity contribution in [3.63, 3.8) is 0 Å². The quantitative estimate of drug-likeness (QED) is 0.546. The molecular weight excluding hydrogens is 284 g/mol. The lowest BCUT2D eigenvalue weighted by Gasteiger charge is -2.19. The second-order valence-electron chi connectivity index (χ2n) is 4.37. The molecule has 2 rings (SSSR count). The molecule has 114 valence electrons. The molecule has 2 atom stereocenters. The van der Waals surface area contributed by atoms with Crippen molar-refractivity contribution in [1.29, 1.82) is 0 Å². The Bertz CT molecular complexity index is 524. The van der Waals surface area contributed by atoms with E-state index in [-0.39, 0.29) is 0 Å². The van der Waals surface area contributed by atoms with Crippen molar-refractivity contribution in [2.24, 2.45) is 0 Å². The Morgan fingerprint density at radius 3 is 1.36 bits per heavy atom. The van der Waals surface area contributed by atoms with E-state index in [0.717, 1.165) is 0 Å².